The van der Waals surface area contributed by atoms with Gasteiger partial charge in [-0.3, -0.25) is 4.79 Å². The molecule has 1 aromatic carbocycles. The van der Waals surface area contributed by atoms with Crippen molar-refractivity contribution in [2.75, 3.05) is 18.1 Å². The van der Waals surface area contributed by atoms with Gasteiger partial charge in [0.15, 0.2) is 0 Å². The lowest BCUT2D eigenvalue weighted by atomic mass is 10.2. The average molecular weight is 424 g/mol. The maximum atomic E-state index is 12.8. The van der Waals surface area contributed by atoms with E-state index in [1.165, 1.54) is 30.3 Å². The third-order valence-electron chi connectivity index (χ3n) is 3.34. The summed E-state index contributed by atoms with van der Waals surface area (Å²) in [7, 11) is 0. The van der Waals surface area contributed by atoms with Gasteiger partial charge in [0, 0.05) is 5.75 Å². The number of allylic oxidation sites excluding steroid dienone is 6. The van der Waals surface area contributed by atoms with Gasteiger partial charge in [-0.1, -0.05) is 48.6 Å². The zero-order valence-corrected chi connectivity index (χ0v) is 16.5. The molecular formula is C21H25FO6S. The SMILES string of the molecule is O=C(O)CSC[C@@H](O)[C@H](O)/C=C/C=C/C=C\C=C\[C@H](O)COc1ccc(F)cc1. The first-order chi connectivity index (χ1) is 13.9. The Morgan fingerprint density at radius 1 is 1.00 bits per heavy atom. The van der Waals surface area contributed by atoms with E-state index in [0.717, 1.165) is 11.8 Å². The molecule has 0 amide bonds. The molecule has 158 valence electrons. The van der Waals surface area contributed by atoms with Gasteiger partial charge in [0.25, 0.3) is 0 Å². The summed E-state index contributed by atoms with van der Waals surface area (Å²) in [6, 6.07) is 5.52. The maximum absolute atomic E-state index is 12.8. The van der Waals surface area contributed by atoms with Gasteiger partial charge in [0.2, 0.25) is 0 Å². The highest BCUT2D eigenvalue weighted by Crippen LogP contribution is 2.11. The molecule has 1 rings (SSSR count). The minimum Gasteiger partial charge on any atom is -0.491 e. The number of carboxylic acid groups (broad SMARTS) is 1. The van der Waals surface area contributed by atoms with E-state index < -0.39 is 24.3 Å². The molecule has 0 bridgehead atoms. The van der Waals surface area contributed by atoms with E-state index in [0.29, 0.717) is 5.75 Å². The van der Waals surface area contributed by atoms with Crippen LogP contribution in [0.3, 0.4) is 0 Å². The van der Waals surface area contributed by atoms with Gasteiger partial charge in [-0.05, 0) is 24.3 Å². The van der Waals surface area contributed by atoms with E-state index in [1.54, 1.807) is 42.5 Å². The van der Waals surface area contributed by atoms with Gasteiger partial charge in [-0.15, -0.1) is 11.8 Å². The molecule has 0 aliphatic carbocycles. The molecule has 0 heterocycles. The molecule has 3 atom stereocenters. The number of carbonyl (C=O) groups is 1. The Morgan fingerprint density at radius 2 is 1.59 bits per heavy atom. The minimum absolute atomic E-state index is 0.0412. The first kappa shape index (κ1) is 24.6. The van der Waals surface area contributed by atoms with Crippen molar-refractivity contribution >= 4 is 17.7 Å². The van der Waals surface area contributed by atoms with Crippen LogP contribution in [-0.2, 0) is 4.79 Å². The Kier molecular flexibility index (Phi) is 12.4. The number of halogens is 1. The first-order valence-electron chi connectivity index (χ1n) is 8.79. The molecule has 1 aromatic rings. The van der Waals surface area contributed by atoms with Crippen LogP contribution in [0.2, 0.25) is 0 Å². The number of carboxylic acids is 1. The van der Waals surface area contributed by atoms with Crippen molar-refractivity contribution in [1.29, 1.82) is 0 Å². The number of hydrogen-bond acceptors (Lipinski definition) is 6. The molecule has 8 heteroatoms. The molecule has 0 spiro atoms. The predicted molar refractivity (Wildman–Crippen MR) is 111 cm³/mol. The summed E-state index contributed by atoms with van der Waals surface area (Å²) in [5.41, 5.74) is 0. The second-order valence-electron chi connectivity index (χ2n) is 5.84. The van der Waals surface area contributed by atoms with Crippen LogP contribution in [0.25, 0.3) is 0 Å². The number of benzene rings is 1. The fraction of sp³-hybridized carbons (Fsp3) is 0.286. The molecule has 0 aromatic heterocycles. The molecule has 6 nitrogen and oxygen atoms in total. The summed E-state index contributed by atoms with van der Waals surface area (Å²) in [6.07, 6.45) is 9.96. The fourth-order valence-corrected chi connectivity index (χ4v) is 2.62. The minimum atomic E-state index is -1.08. The standard InChI is InChI=1S/C21H25FO6S/c22-16-9-11-18(12-10-16)28-13-17(23)7-5-3-1-2-4-6-8-19(24)20(25)14-29-15-21(26)27/h1-12,17,19-20,23-25H,13-15H2,(H,26,27)/b3-1-,4-2+,7-5+,8-6+/t17-,19+,20+/m0/s1. The number of aliphatic hydroxyl groups is 3. The molecule has 4 N–H and O–H groups in total. The highest BCUT2D eigenvalue weighted by Gasteiger charge is 2.13. The van der Waals surface area contributed by atoms with E-state index in [2.05, 4.69) is 0 Å². The average Bonchev–Trinajstić information content (AvgIpc) is 2.69. The molecule has 0 saturated heterocycles. The third-order valence-corrected chi connectivity index (χ3v) is 4.37. The summed E-state index contributed by atoms with van der Waals surface area (Å²) in [5, 5.41) is 37.7. The Hall–Kier alpha value is -2.39. The number of thioether (sulfide) groups is 1. The highest BCUT2D eigenvalue weighted by molar-refractivity contribution is 7.99. The summed E-state index contributed by atoms with van der Waals surface area (Å²) in [6.45, 7) is 0.0412. The van der Waals surface area contributed by atoms with Crippen LogP contribution in [0.15, 0.2) is 72.9 Å². The summed E-state index contributed by atoms with van der Waals surface area (Å²) >= 11 is 1.03. The van der Waals surface area contributed by atoms with Crippen molar-refractivity contribution in [2.45, 2.75) is 18.3 Å². The van der Waals surface area contributed by atoms with Crippen LogP contribution >= 0.6 is 11.8 Å². The van der Waals surface area contributed by atoms with Crippen molar-refractivity contribution < 1.29 is 34.3 Å². The monoisotopic (exact) mass is 424 g/mol. The van der Waals surface area contributed by atoms with Crippen LogP contribution in [-0.4, -0.2) is 62.8 Å². The second-order valence-corrected chi connectivity index (χ2v) is 6.87. The molecule has 0 saturated carbocycles. The maximum Gasteiger partial charge on any atom is 0.313 e. The lowest BCUT2D eigenvalue weighted by molar-refractivity contribution is -0.133. The third kappa shape index (κ3) is 12.6. The normalized spacial score (nSPS) is 15.4. The highest BCUT2D eigenvalue weighted by atomic mass is 32.2. The summed E-state index contributed by atoms with van der Waals surface area (Å²) in [5.74, 6) is -0.856. The number of aliphatic hydroxyl groups excluding tert-OH is 3. The number of hydrogen-bond donors (Lipinski definition) is 4. The van der Waals surface area contributed by atoms with Gasteiger partial charge in [0.05, 0.1) is 18.0 Å². The lowest BCUT2D eigenvalue weighted by Gasteiger charge is -2.12. The fourth-order valence-electron chi connectivity index (χ4n) is 1.89. The van der Waals surface area contributed by atoms with Gasteiger partial charge in [-0.2, -0.15) is 0 Å². The van der Waals surface area contributed by atoms with Gasteiger partial charge in [0.1, 0.15) is 24.3 Å². The van der Waals surface area contributed by atoms with E-state index in [4.69, 9.17) is 9.84 Å². The Labute approximate surface area is 173 Å². The Bertz CT molecular complexity index is 714. The largest absolute Gasteiger partial charge is 0.491 e. The molecule has 0 fully saturated rings. The summed E-state index contributed by atoms with van der Waals surface area (Å²) in [4.78, 5) is 10.4. The summed E-state index contributed by atoms with van der Waals surface area (Å²) < 4.78 is 18.1. The van der Waals surface area contributed by atoms with E-state index in [-0.39, 0.29) is 23.9 Å². The second kappa shape index (κ2) is 14.6. The molecule has 0 aliphatic rings. The number of ether oxygens (including phenoxy) is 1. The van der Waals surface area contributed by atoms with Crippen molar-refractivity contribution in [3.8, 4) is 5.75 Å². The molecular weight excluding hydrogens is 399 g/mol. The van der Waals surface area contributed by atoms with Crippen LogP contribution in [0.5, 0.6) is 5.75 Å². The Morgan fingerprint density at radius 3 is 2.21 bits per heavy atom. The van der Waals surface area contributed by atoms with E-state index >= 15 is 0 Å². The van der Waals surface area contributed by atoms with E-state index in [1.807, 2.05) is 0 Å². The smallest absolute Gasteiger partial charge is 0.313 e. The molecule has 0 unspecified atom stereocenters. The Balaban J connectivity index is 2.24. The van der Waals surface area contributed by atoms with Crippen LogP contribution < -0.4 is 4.74 Å². The molecule has 29 heavy (non-hydrogen) atoms. The van der Waals surface area contributed by atoms with Crippen LogP contribution in [0, 0.1) is 5.82 Å². The van der Waals surface area contributed by atoms with Crippen molar-refractivity contribution in [3.05, 3.63) is 78.7 Å². The van der Waals surface area contributed by atoms with Crippen LogP contribution in [0.4, 0.5) is 4.39 Å². The van der Waals surface area contributed by atoms with E-state index in [9.17, 15) is 24.5 Å². The molecule has 0 aliphatic heterocycles. The van der Waals surface area contributed by atoms with Gasteiger partial charge in [-0.25, -0.2) is 4.39 Å². The predicted octanol–water partition coefficient (Wildman–Crippen LogP) is 2.33. The first-order valence-corrected chi connectivity index (χ1v) is 9.94. The van der Waals surface area contributed by atoms with Crippen molar-refractivity contribution in [1.82, 2.24) is 0 Å². The van der Waals surface area contributed by atoms with Crippen LogP contribution in [0.1, 0.15) is 0 Å². The lowest BCUT2D eigenvalue weighted by Crippen LogP contribution is -2.26. The van der Waals surface area contributed by atoms with Gasteiger partial charge >= 0.3 is 5.97 Å². The van der Waals surface area contributed by atoms with Crippen molar-refractivity contribution in [3.63, 3.8) is 0 Å². The number of aliphatic carboxylic acids is 1. The van der Waals surface area contributed by atoms with Gasteiger partial charge < -0.3 is 25.2 Å². The molecule has 0 radical (unpaired) electrons. The topological polar surface area (TPSA) is 107 Å². The number of rotatable bonds is 13. The quantitative estimate of drug-likeness (QED) is 0.360. The zero-order valence-electron chi connectivity index (χ0n) is 15.7. The van der Waals surface area contributed by atoms with Crippen molar-refractivity contribution in [2.24, 2.45) is 0 Å². The zero-order chi connectivity index (χ0) is 21.5.